The lowest BCUT2D eigenvalue weighted by Gasteiger charge is -2.31. The highest BCUT2D eigenvalue weighted by atomic mass is 16.5. The second kappa shape index (κ2) is 6.09. The van der Waals surface area contributed by atoms with E-state index in [1.54, 1.807) is 0 Å². The Morgan fingerprint density at radius 3 is 2.32 bits per heavy atom. The minimum atomic E-state index is -0.129. The molecular formula is C16H23NO2. The number of benzene rings is 1. The van der Waals surface area contributed by atoms with Crippen LogP contribution in [0.2, 0.25) is 0 Å². The summed E-state index contributed by atoms with van der Waals surface area (Å²) in [6.45, 7) is 4.47. The third-order valence-electron chi connectivity index (χ3n) is 3.76. The van der Waals surface area contributed by atoms with Gasteiger partial charge in [0.05, 0.1) is 6.42 Å². The van der Waals surface area contributed by atoms with Gasteiger partial charge in [-0.25, -0.2) is 0 Å². The molecule has 1 saturated carbocycles. The Morgan fingerprint density at radius 2 is 1.74 bits per heavy atom. The van der Waals surface area contributed by atoms with Crippen molar-refractivity contribution in [3.63, 3.8) is 0 Å². The molecule has 1 aliphatic rings. The van der Waals surface area contributed by atoms with Crippen LogP contribution in [0.4, 0.5) is 5.69 Å². The van der Waals surface area contributed by atoms with Gasteiger partial charge in [-0.1, -0.05) is 26.0 Å². The molecule has 19 heavy (non-hydrogen) atoms. The van der Waals surface area contributed by atoms with Gasteiger partial charge in [0.1, 0.15) is 6.10 Å². The van der Waals surface area contributed by atoms with Gasteiger partial charge < -0.3 is 10.5 Å². The van der Waals surface area contributed by atoms with Crippen molar-refractivity contribution in [2.45, 2.75) is 45.6 Å². The summed E-state index contributed by atoms with van der Waals surface area (Å²) >= 11 is 0. The Morgan fingerprint density at radius 1 is 1.16 bits per heavy atom. The third kappa shape index (κ3) is 4.27. The van der Waals surface area contributed by atoms with E-state index < -0.39 is 0 Å². The van der Waals surface area contributed by atoms with Gasteiger partial charge in [0, 0.05) is 5.69 Å². The monoisotopic (exact) mass is 261 g/mol. The van der Waals surface area contributed by atoms with Crippen molar-refractivity contribution in [2.24, 2.45) is 11.8 Å². The van der Waals surface area contributed by atoms with Crippen molar-refractivity contribution in [3.05, 3.63) is 29.8 Å². The quantitative estimate of drug-likeness (QED) is 0.671. The van der Waals surface area contributed by atoms with E-state index in [1.807, 2.05) is 24.3 Å². The summed E-state index contributed by atoms with van der Waals surface area (Å²) in [6, 6.07) is 7.38. The van der Waals surface area contributed by atoms with Crippen LogP contribution in [0.5, 0.6) is 0 Å². The average molecular weight is 261 g/mol. The van der Waals surface area contributed by atoms with Crippen LogP contribution in [0, 0.1) is 11.8 Å². The number of rotatable bonds is 3. The molecule has 0 bridgehead atoms. The van der Waals surface area contributed by atoms with E-state index in [1.165, 1.54) is 6.42 Å². The van der Waals surface area contributed by atoms with E-state index in [0.29, 0.717) is 23.9 Å². The zero-order valence-electron chi connectivity index (χ0n) is 11.8. The minimum Gasteiger partial charge on any atom is -0.462 e. The lowest BCUT2D eigenvalue weighted by atomic mass is 9.82. The topological polar surface area (TPSA) is 52.3 Å². The second-order valence-electron chi connectivity index (χ2n) is 5.95. The van der Waals surface area contributed by atoms with Gasteiger partial charge in [-0.05, 0) is 48.8 Å². The summed E-state index contributed by atoms with van der Waals surface area (Å²) in [5.74, 6) is 1.17. The molecule has 3 nitrogen and oxygen atoms in total. The van der Waals surface area contributed by atoms with Gasteiger partial charge in [-0.2, -0.15) is 0 Å². The Labute approximate surface area is 115 Å². The number of anilines is 1. The highest BCUT2D eigenvalue weighted by Crippen LogP contribution is 2.30. The number of esters is 1. The largest absolute Gasteiger partial charge is 0.462 e. The van der Waals surface area contributed by atoms with Crippen LogP contribution in [0.3, 0.4) is 0 Å². The number of carbonyl (C=O) groups excluding carboxylic acids is 1. The van der Waals surface area contributed by atoms with Crippen molar-refractivity contribution in [3.8, 4) is 0 Å². The van der Waals surface area contributed by atoms with Crippen molar-refractivity contribution in [1.29, 1.82) is 0 Å². The molecule has 2 unspecified atom stereocenters. The zero-order chi connectivity index (χ0) is 13.8. The maximum Gasteiger partial charge on any atom is 0.310 e. The molecule has 1 fully saturated rings. The standard InChI is InChI=1S/C16H23NO2/c1-11-7-12(2)9-15(8-11)19-16(18)10-13-3-5-14(17)6-4-13/h3-6,11-12,15H,7-10,17H2,1-2H3. The number of carbonyl (C=O) groups is 1. The van der Waals surface area contributed by atoms with Crippen LogP contribution < -0.4 is 5.73 Å². The molecule has 1 aromatic carbocycles. The van der Waals surface area contributed by atoms with Gasteiger partial charge in [0.15, 0.2) is 0 Å². The Hall–Kier alpha value is -1.51. The summed E-state index contributed by atoms with van der Waals surface area (Å²) < 4.78 is 5.60. The second-order valence-corrected chi connectivity index (χ2v) is 5.95. The molecule has 0 amide bonds. The van der Waals surface area contributed by atoms with Gasteiger partial charge in [0.25, 0.3) is 0 Å². The van der Waals surface area contributed by atoms with E-state index in [4.69, 9.17) is 10.5 Å². The Balaban J connectivity index is 1.85. The molecule has 2 atom stereocenters. The zero-order valence-corrected chi connectivity index (χ0v) is 11.8. The van der Waals surface area contributed by atoms with Crippen LogP contribution in [-0.4, -0.2) is 12.1 Å². The van der Waals surface area contributed by atoms with Gasteiger partial charge in [-0.15, -0.1) is 0 Å². The molecule has 2 rings (SSSR count). The van der Waals surface area contributed by atoms with Gasteiger partial charge >= 0.3 is 5.97 Å². The summed E-state index contributed by atoms with van der Waals surface area (Å²) in [7, 11) is 0. The van der Waals surface area contributed by atoms with Crippen LogP contribution in [0.15, 0.2) is 24.3 Å². The third-order valence-corrected chi connectivity index (χ3v) is 3.76. The lowest BCUT2D eigenvalue weighted by molar-refractivity contribution is -0.151. The number of hydrogen-bond acceptors (Lipinski definition) is 3. The fourth-order valence-corrected chi connectivity index (χ4v) is 3.00. The number of ether oxygens (including phenoxy) is 1. The molecular weight excluding hydrogens is 238 g/mol. The summed E-state index contributed by atoms with van der Waals surface area (Å²) in [5, 5.41) is 0. The van der Waals surface area contributed by atoms with Crippen LogP contribution in [-0.2, 0) is 16.0 Å². The molecule has 0 saturated heterocycles. The molecule has 2 N–H and O–H groups in total. The number of hydrogen-bond donors (Lipinski definition) is 1. The van der Waals surface area contributed by atoms with E-state index in [2.05, 4.69) is 13.8 Å². The van der Waals surface area contributed by atoms with Crippen molar-refractivity contribution in [1.82, 2.24) is 0 Å². The van der Waals surface area contributed by atoms with Crippen molar-refractivity contribution < 1.29 is 9.53 Å². The molecule has 0 spiro atoms. The van der Waals surface area contributed by atoms with Crippen LogP contribution >= 0.6 is 0 Å². The predicted molar refractivity (Wildman–Crippen MR) is 76.6 cm³/mol. The van der Waals surface area contributed by atoms with Gasteiger partial charge in [0.2, 0.25) is 0 Å². The summed E-state index contributed by atoms with van der Waals surface area (Å²) in [4.78, 5) is 11.9. The maximum absolute atomic E-state index is 11.9. The fourth-order valence-electron chi connectivity index (χ4n) is 3.00. The molecule has 0 aliphatic heterocycles. The lowest BCUT2D eigenvalue weighted by Crippen LogP contribution is -2.29. The van der Waals surface area contributed by atoms with Crippen molar-refractivity contribution in [2.75, 3.05) is 5.73 Å². The highest BCUT2D eigenvalue weighted by Gasteiger charge is 2.26. The smallest absolute Gasteiger partial charge is 0.310 e. The van der Waals surface area contributed by atoms with Crippen LogP contribution in [0.25, 0.3) is 0 Å². The average Bonchev–Trinajstić information content (AvgIpc) is 2.30. The molecule has 104 valence electrons. The van der Waals surface area contributed by atoms with E-state index in [9.17, 15) is 4.79 Å². The summed E-state index contributed by atoms with van der Waals surface area (Å²) in [5.41, 5.74) is 7.29. The number of nitrogen functional groups attached to an aromatic ring is 1. The Kier molecular flexibility index (Phi) is 4.46. The Bertz CT molecular complexity index is 417. The van der Waals surface area contributed by atoms with Crippen molar-refractivity contribution >= 4 is 11.7 Å². The normalized spacial score (nSPS) is 26.9. The first-order valence-corrected chi connectivity index (χ1v) is 7.07. The first kappa shape index (κ1) is 13.9. The molecule has 0 heterocycles. The van der Waals surface area contributed by atoms with E-state index in [-0.39, 0.29) is 12.1 Å². The first-order valence-electron chi connectivity index (χ1n) is 7.07. The van der Waals surface area contributed by atoms with E-state index in [0.717, 1.165) is 18.4 Å². The SMILES string of the molecule is CC1CC(C)CC(OC(=O)Cc2ccc(N)cc2)C1. The van der Waals surface area contributed by atoms with E-state index >= 15 is 0 Å². The number of nitrogens with two attached hydrogens (primary N) is 1. The molecule has 0 radical (unpaired) electrons. The molecule has 0 aromatic heterocycles. The molecule has 1 aliphatic carbocycles. The molecule has 1 aromatic rings. The predicted octanol–water partition coefficient (Wildman–Crippen LogP) is 3.18. The first-order chi connectivity index (χ1) is 9.02. The summed E-state index contributed by atoms with van der Waals surface area (Å²) in [6.07, 6.45) is 3.67. The van der Waals surface area contributed by atoms with Crippen LogP contribution in [0.1, 0.15) is 38.7 Å². The maximum atomic E-state index is 11.9. The van der Waals surface area contributed by atoms with Gasteiger partial charge in [-0.3, -0.25) is 4.79 Å². The highest BCUT2D eigenvalue weighted by molar-refractivity contribution is 5.73. The fraction of sp³-hybridized carbons (Fsp3) is 0.562. The molecule has 3 heteroatoms. The minimum absolute atomic E-state index is 0.0973.